The minimum Gasteiger partial charge on any atom is -0.393 e. The Hall–Kier alpha value is -1.00. The van der Waals surface area contributed by atoms with Crippen molar-refractivity contribution in [2.45, 2.75) is 24.3 Å². The number of rotatable bonds is 4. The van der Waals surface area contributed by atoms with Gasteiger partial charge in [-0.1, -0.05) is 12.1 Å². The normalized spacial score (nSPS) is 12.2. The SMILES string of the molecule is CC(O)CCN(C)C(=O)c1ccccc1S. The van der Waals surface area contributed by atoms with Gasteiger partial charge < -0.3 is 10.0 Å². The van der Waals surface area contributed by atoms with Gasteiger partial charge in [0.1, 0.15) is 0 Å². The van der Waals surface area contributed by atoms with Crippen LogP contribution in [0.25, 0.3) is 0 Å². The fraction of sp³-hybridized carbons (Fsp3) is 0.417. The molecule has 0 saturated carbocycles. The summed E-state index contributed by atoms with van der Waals surface area (Å²) in [5.41, 5.74) is 0.596. The highest BCUT2D eigenvalue weighted by molar-refractivity contribution is 7.80. The molecule has 3 nitrogen and oxygen atoms in total. The van der Waals surface area contributed by atoms with Crippen LogP contribution in [-0.2, 0) is 0 Å². The quantitative estimate of drug-likeness (QED) is 0.787. The lowest BCUT2D eigenvalue weighted by atomic mass is 10.2. The summed E-state index contributed by atoms with van der Waals surface area (Å²) in [5, 5.41) is 9.16. The number of aliphatic hydroxyl groups excluding tert-OH is 1. The molecule has 16 heavy (non-hydrogen) atoms. The Kier molecular flexibility index (Phi) is 4.83. The van der Waals surface area contributed by atoms with Crippen LogP contribution in [-0.4, -0.2) is 35.6 Å². The Labute approximate surface area is 101 Å². The van der Waals surface area contributed by atoms with Crippen molar-refractivity contribution in [3.8, 4) is 0 Å². The Morgan fingerprint density at radius 1 is 1.50 bits per heavy atom. The van der Waals surface area contributed by atoms with Crippen LogP contribution in [0.15, 0.2) is 29.2 Å². The van der Waals surface area contributed by atoms with E-state index < -0.39 is 0 Å². The average Bonchev–Trinajstić information content (AvgIpc) is 2.25. The van der Waals surface area contributed by atoms with Gasteiger partial charge in [-0.15, -0.1) is 12.6 Å². The summed E-state index contributed by atoms with van der Waals surface area (Å²) < 4.78 is 0. The number of benzene rings is 1. The number of amides is 1. The van der Waals surface area contributed by atoms with Gasteiger partial charge in [-0.05, 0) is 25.5 Å². The van der Waals surface area contributed by atoms with E-state index >= 15 is 0 Å². The van der Waals surface area contributed by atoms with Gasteiger partial charge in [0.2, 0.25) is 0 Å². The number of hydrogen-bond donors (Lipinski definition) is 2. The molecule has 1 unspecified atom stereocenters. The predicted molar refractivity (Wildman–Crippen MR) is 67.0 cm³/mol. The number of carbonyl (C=O) groups excluding carboxylic acids is 1. The van der Waals surface area contributed by atoms with Crippen molar-refractivity contribution in [1.82, 2.24) is 4.90 Å². The van der Waals surface area contributed by atoms with Crippen LogP contribution in [0.1, 0.15) is 23.7 Å². The van der Waals surface area contributed by atoms with Crippen molar-refractivity contribution >= 4 is 18.5 Å². The van der Waals surface area contributed by atoms with Gasteiger partial charge in [-0.2, -0.15) is 0 Å². The number of nitrogens with zero attached hydrogens (tertiary/aromatic N) is 1. The van der Waals surface area contributed by atoms with Crippen LogP contribution >= 0.6 is 12.6 Å². The molecule has 0 aliphatic heterocycles. The molecule has 1 aromatic rings. The molecule has 0 fully saturated rings. The second-order valence-corrected chi connectivity index (χ2v) is 4.36. The van der Waals surface area contributed by atoms with Gasteiger partial charge in [-0.25, -0.2) is 0 Å². The van der Waals surface area contributed by atoms with Crippen molar-refractivity contribution in [2.75, 3.05) is 13.6 Å². The summed E-state index contributed by atoms with van der Waals surface area (Å²) in [6.07, 6.45) is 0.193. The highest BCUT2D eigenvalue weighted by atomic mass is 32.1. The molecule has 1 rings (SSSR count). The van der Waals surface area contributed by atoms with E-state index in [1.54, 1.807) is 31.0 Å². The number of aliphatic hydroxyl groups is 1. The lowest BCUT2D eigenvalue weighted by Crippen LogP contribution is -2.29. The number of hydrogen-bond acceptors (Lipinski definition) is 3. The largest absolute Gasteiger partial charge is 0.393 e. The summed E-state index contributed by atoms with van der Waals surface area (Å²) in [4.78, 5) is 14.2. The molecule has 0 spiro atoms. The predicted octanol–water partition coefficient (Wildman–Crippen LogP) is 1.82. The zero-order chi connectivity index (χ0) is 12.1. The Morgan fingerprint density at radius 3 is 2.69 bits per heavy atom. The molecule has 0 aliphatic carbocycles. The third-order valence-electron chi connectivity index (χ3n) is 2.36. The van der Waals surface area contributed by atoms with Crippen LogP contribution in [0, 0.1) is 0 Å². The third kappa shape index (κ3) is 3.54. The fourth-order valence-electron chi connectivity index (χ4n) is 1.34. The molecule has 1 N–H and O–H groups in total. The van der Waals surface area contributed by atoms with Crippen LogP contribution in [0.5, 0.6) is 0 Å². The van der Waals surface area contributed by atoms with Crippen molar-refractivity contribution in [1.29, 1.82) is 0 Å². The summed E-state index contributed by atoms with van der Waals surface area (Å²) in [7, 11) is 1.73. The molecule has 0 radical (unpaired) electrons. The standard InChI is InChI=1S/C12H17NO2S/c1-9(14)7-8-13(2)12(15)10-5-3-4-6-11(10)16/h3-6,9,14,16H,7-8H2,1-2H3. The summed E-state index contributed by atoms with van der Waals surface area (Å²) in [6, 6.07) is 7.20. The molecular weight excluding hydrogens is 222 g/mol. The van der Waals surface area contributed by atoms with Crippen molar-refractivity contribution < 1.29 is 9.90 Å². The van der Waals surface area contributed by atoms with Gasteiger partial charge in [0, 0.05) is 18.5 Å². The molecular formula is C12H17NO2S. The molecule has 1 amide bonds. The molecule has 88 valence electrons. The smallest absolute Gasteiger partial charge is 0.254 e. The first-order chi connectivity index (χ1) is 7.52. The second kappa shape index (κ2) is 5.92. The highest BCUT2D eigenvalue weighted by Gasteiger charge is 2.14. The molecule has 0 heterocycles. The monoisotopic (exact) mass is 239 g/mol. The summed E-state index contributed by atoms with van der Waals surface area (Å²) >= 11 is 4.24. The van der Waals surface area contributed by atoms with Crippen LogP contribution in [0.2, 0.25) is 0 Å². The zero-order valence-corrected chi connectivity index (χ0v) is 10.4. The first kappa shape index (κ1) is 13.1. The van der Waals surface area contributed by atoms with Crippen LogP contribution < -0.4 is 0 Å². The zero-order valence-electron chi connectivity index (χ0n) is 9.55. The van der Waals surface area contributed by atoms with E-state index in [0.717, 1.165) is 0 Å². The topological polar surface area (TPSA) is 40.5 Å². The second-order valence-electron chi connectivity index (χ2n) is 3.88. The van der Waals surface area contributed by atoms with Crippen molar-refractivity contribution in [3.63, 3.8) is 0 Å². The molecule has 0 saturated heterocycles. The Morgan fingerprint density at radius 2 is 2.12 bits per heavy atom. The van der Waals surface area contributed by atoms with E-state index in [9.17, 15) is 4.79 Å². The van der Waals surface area contributed by atoms with Gasteiger partial charge in [-0.3, -0.25) is 4.79 Å². The van der Waals surface area contributed by atoms with E-state index in [0.29, 0.717) is 23.4 Å². The lowest BCUT2D eigenvalue weighted by molar-refractivity contribution is 0.0765. The highest BCUT2D eigenvalue weighted by Crippen LogP contribution is 2.14. The maximum absolute atomic E-state index is 12.0. The third-order valence-corrected chi connectivity index (χ3v) is 2.75. The van der Waals surface area contributed by atoms with Gasteiger partial charge in [0.05, 0.1) is 11.7 Å². The van der Waals surface area contributed by atoms with Gasteiger partial charge >= 0.3 is 0 Å². The number of thiol groups is 1. The van der Waals surface area contributed by atoms with Crippen molar-refractivity contribution in [2.24, 2.45) is 0 Å². The maximum atomic E-state index is 12.0. The van der Waals surface area contributed by atoms with E-state index in [1.165, 1.54) is 0 Å². The first-order valence-electron chi connectivity index (χ1n) is 5.24. The molecule has 1 atom stereocenters. The fourth-order valence-corrected chi connectivity index (χ4v) is 1.60. The average molecular weight is 239 g/mol. The Bertz CT molecular complexity index is 366. The van der Waals surface area contributed by atoms with Gasteiger partial charge in [0.15, 0.2) is 0 Å². The first-order valence-corrected chi connectivity index (χ1v) is 5.68. The minimum atomic E-state index is -0.388. The maximum Gasteiger partial charge on any atom is 0.254 e. The van der Waals surface area contributed by atoms with Crippen LogP contribution in [0.3, 0.4) is 0 Å². The van der Waals surface area contributed by atoms with E-state index in [1.807, 2.05) is 12.1 Å². The molecule has 1 aromatic carbocycles. The Balaban J connectivity index is 2.67. The summed E-state index contributed by atoms with van der Waals surface area (Å²) in [6.45, 7) is 2.25. The van der Waals surface area contributed by atoms with E-state index in [4.69, 9.17) is 5.11 Å². The van der Waals surface area contributed by atoms with Crippen molar-refractivity contribution in [3.05, 3.63) is 29.8 Å². The lowest BCUT2D eigenvalue weighted by Gasteiger charge is -2.18. The molecule has 0 aromatic heterocycles. The number of carbonyl (C=O) groups is 1. The molecule has 0 aliphatic rings. The van der Waals surface area contributed by atoms with E-state index in [2.05, 4.69) is 12.6 Å². The van der Waals surface area contributed by atoms with Gasteiger partial charge in [0.25, 0.3) is 5.91 Å². The summed E-state index contributed by atoms with van der Waals surface area (Å²) in [5.74, 6) is -0.0637. The minimum absolute atomic E-state index is 0.0637. The molecule has 4 heteroatoms. The van der Waals surface area contributed by atoms with Crippen LogP contribution in [0.4, 0.5) is 0 Å². The van der Waals surface area contributed by atoms with E-state index in [-0.39, 0.29) is 12.0 Å². The molecule has 0 bridgehead atoms.